The monoisotopic (exact) mass is 413 g/mol. The summed E-state index contributed by atoms with van der Waals surface area (Å²) < 4.78 is 1.25. The first-order chi connectivity index (χ1) is 14.0. The molecule has 1 saturated carbocycles. The van der Waals surface area contributed by atoms with Crippen LogP contribution in [0.15, 0.2) is 41.3 Å². The Labute approximate surface area is 171 Å². The molecular weight excluding hydrogens is 394 g/mol. The van der Waals surface area contributed by atoms with Gasteiger partial charge < -0.3 is 10.6 Å². The van der Waals surface area contributed by atoms with Gasteiger partial charge in [-0.3, -0.25) is 9.59 Å². The second-order valence-corrected chi connectivity index (χ2v) is 7.51. The van der Waals surface area contributed by atoms with Crippen LogP contribution < -0.4 is 16.3 Å². The zero-order valence-electron chi connectivity index (χ0n) is 15.6. The molecule has 0 saturated heterocycles. The maximum Gasteiger partial charge on any atom is 0.347 e. The topological polar surface area (TPSA) is 108 Å². The number of carbonyl (C=O) groups is 2. The third-order valence-corrected chi connectivity index (χ3v) is 5.43. The van der Waals surface area contributed by atoms with Crippen LogP contribution in [0.2, 0.25) is 5.02 Å². The smallest absolute Gasteiger partial charge is 0.347 e. The molecule has 3 N–H and O–H groups in total. The lowest BCUT2D eigenvalue weighted by molar-refractivity contribution is 0.0926. The first-order valence-corrected chi connectivity index (χ1v) is 9.88. The van der Waals surface area contributed by atoms with Gasteiger partial charge in [0.1, 0.15) is 0 Å². The van der Waals surface area contributed by atoms with Crippen molar-refractivity contribution in [1.29, 1.82) is 0 Å². The van der Waals surface area contributed by atoms with E-state index in [-0.39, 0.29) is 23.2 Å². The van der Waals surface area contributed by atoms with Crippen LogP contribution in [0.5, 0.6) is 0 Å². The summed E-state index contributed by atoms with van der Waals surface area (Å²) in [6.07, 6.45) is 6.87. The van der Waals surface area contributed by atoms with Crippen molar-refractivity contribution >= 4 is 34.7 Å². The van der Waals surface area contributed by atoms with E-state index in [4.69, 9.17) is 11.6 Å². The lowest BCUT2D eigenvalue weighted by Crippen LogP contribution is -2.36. The molecule has 150 valence electrons. The number of H-pyrrole nitrogens is 1. The molecule has 1 aliphatic carbocycles. The van der Waals surface area contributed by atoms with Crippen LogP contribution >= 0.6 is 11.6 Å². The highest BCUT2D eigenvalue weighted by Gasteiger charge is 2.19. The van der Waals surface area contributed by atoms with E-state index in [1.165, 1.54) is 17.0 Å². The Balaban J connectivity index is 1.54. The number of nitrogens with one attached hydrogen (secondary N) is 3. The fourth-order valence-corrected chi connectivity index (χ4v) is 3.80. The number of amides is 2. The maximum atomic E-state index is 12.7. The number of halogens is 1. The molecule has 3 aromatic rings. The Hall–Kier alpha value is -3.13. The average molecular weight is 414 g/mol. The van der Waals surface area contributed by atoms with Crippen LogP contribution in [0.25, 0.3) is 5.65 Å². The number of carbonyl (C=O) groups excluding carboxylic acids is 2. The van der Waals surface area contributed by atoms with E-state index < -0.39 is 11.6 Å². The van der Waals surface area contributed by atoms with Gasteiger partial charge in [-0.15, -0.1) is 0 Å². The van der Waals surface area contributed by atoms with Crippen molar-refractivity contribution in [1.82, 2.24) is 19.9 Å². The molecule has 29 heavy (non-hydrogen) atoms. The minimum atomic E-state index is -0.449. The first kappa shape index (κ1) is 19.2. The van der Waals surface area contributed by atoms with Gasteiger partial charge in [-0.2, -0.15) is 5.10 Å². The van der Waals surface area contributed by atoms with E-state index in [0.717, 1.165) is 25.7 Å². The highest BCUT2D eigenvalue weighted by atomic mass is 35.5. The quantitative estimate of drug-likeness (QED) is 0.610. The minimum absolute atomic E-state index is 0.154. The predicted molar refractivity (Wildman–Crippen MR) is 110 cm³/mol. The summed E-state index contributed by atoms with van der Waals surface area (Å²) in [6, 6.07) is 8.05. The Kier molecular flexibility index (Phi) is 5.35. The Morgan fingerprint density at radius 1 is 1.10 bits per heavy atom. The van der Waals surface area contributed by atoms with E-state index in [2.05, 4.69) is 20.8 Å². The molecule has 0 bridgehead atoms. The Morgan fingerprint density at radius 2 is 1.90 bits per heavy atom. The zero-order chi connectivity index (χ0) is 20.4. The van der Waals surface area contributed by atoms with E-state index >= 15 is 0 Å². The second-order valence-electron chi connectivity index (χ2n) is 7.10. The normalized spacial score (nSPS) is 14.7. The van der Waals surface area contributed by atoms with Crippen molar-refractivity contribution in [2.24, 2.45) is 0 Å². The number of aromatic amines is 1. The largest absolute Gasteiger partial charge is 0.349 e. The summed E-state index contributed by atoms with van der Waals surface area (Å²) in [4.78, 5) is 37.1. The van der Waals surface area contributed by atoms with Crippen LogP contribution in [0, 0.1) is 0 Å². The lowest BCUT2D eigenvalue weighted by Gasteiger charge is -2.23. The number of nitrogens with zero attached hydrogens (tertiary/aromatic N) is 2. The summed E-state index contributed by atoms with van der Waals surface area (Å²) in [5.41, 5.74) is 0.758. The van der Waals surface area contributed by atoms with Crippen molar-refractivity contribution in [3.63, 3.8) is 0 Å². The van der Waals surface area contributed by atoms with Gasteiger partial charge in [0.15, 0.2) is 5.65 Å². The van der Waals surface area contributed by atoms with Gasteiger partial charge in [-0.05, 0) is 43.2 Å². The summed E-state index contributed by atoms with van der Waals surface area (Å²) in [5.74, 6) is -0.700. The molecule has 1 aliphatic rings. The lowest BCUT2D eigenvalue weighted by atomic mass is 9.95. The molecule has 8 nitrogen and oxygen atoms in total. The van der Waals surface area contributed by atoms with Gasteiger partial charge in [-0.25, -0.2) is 14.3 Å². The van der Waals surface area contributed by atoms with E-state index in [9.17, 15) is 14.4 Å². The molecule has 9 heteroatoms. The van der Waals surface area contributed by atoms with Crippen molar-refractivity contribution in [2.45, 2.75) is 38.1 Å². The Bertz CT molecular complexity index is 1130. The Morgan fingerprint density at radius 3 is 2.69 bits per heavy atom. The third-order valence-electron chi connectivity index (χ3n) is 5.10. The van der Waals surface area contributed by atoms with Gasteiger partial charge in [0.2, 0.25) is 0 Å². The zero-order valence-corrected chi connectivity index (χ0v) is 16.3. The van der Waals surface area contributed by atoms with Crippen molar-refractivity contribution in [3.8, 4) is 0 Å². The molecular formula is C20H20ClN5O3. The van der Waals surface area contributed by atoms with Crippen LogP contribution in [0.1, 0.15) is 52.8 Å². The van der Waals surface area contributed by atoms with E-state index in [1.807, 2.05) is 0 Å². The molecule has 2 amide bonds. The van der Waals surface area contributed by atoms with Gasteiger partial charge in [0, 0.05) is 17.9 Å². The fourth-order valence-electron chi connectivity index (χ4n) is 3.60. The predicted octanol–water partition coefficient (Wildman–Crippen LogP) is 2.99. The molecule has 0 aliphatic heterocycles. The molecule has 1 aromatic carbocycles. The fraction of sp³-hybridized carbons (Fsp3) is 0.300. The van der Waals surface area contributed by atoms with Crippen LogP contribution in [0.3, 0.4) is 0 Å². The van der Waals surface area contributed by atoms with E-state index in [0.29, 0.717) is 16.3 Å². The number of benzene rings is 1. The van der Waals surface area contributed by atoms with Crippen LogP contribution in [-0.2, 0) is 0 Å². The summed E-state index contributed by atoms with van der Waals surface area (Å²) in [6.45, 7) is 0. The minimum Gasteiger partial charge on any atom is -0.349 e. The number of anilines is 1. The molecule has 0 radical (unpaired) electrons. The van der Waals surface area contributed by atoms with Gasteiger partial charge in [0.05, 0.1) is 16.1 Å². The summed E-state index contributed by atoms with van der Waals surface area (Å²) in [5, 5.41) is 12.3. The van der Waals surface area contributed by atoms with Crippen molar-refractivity contribution in [2.75, 3.05) is 5.32 Å². The highest BCUT2D eigenvalue weighted by molar-refractivity contribution is 6.34. The van der Waals surface area contributed by atoms with Crippen molar-refractivity contribution in [3.05, 3.63) is 63.2 Å². The molecule has 4 rings (SSSR count). The number of pyridine rings is 1. The van der Waals surface area contributed by atoms with Gasteiger partial charge >= 0.3 is 5.69 Å². The first-order valence-electron chi connectivity index (χ1n) is 9.50. The third kappa shape index (κ3) is 4.02. The molecule has 2 heterocycles. The number of hydrogen-bond donors (Lipinski definition) is 3. The van der Waals surface area contributed by atoms with Crippen LogP contribution in [-0.4, -0.2) is 32.5 Å². The number of hydrogen-bond acceptors (Lipinski definition) is 4. The number of fused-ring (bicyclic) bond motifs is 1. The molecule has 0 spiro atoms. The number of rotatable bonds is 4. The second kappa shape index (κ2) is 8.08. The van der Waals surface area contributed by atoms with Crippen molar-refractivity contribution < 1.29 is 9.59 Å². The number of aromatic nitrogens is 3. The highest BCUT2D eigenvalue weighted by Crippen LogP contribution is 2.23. The average Bonchev–Trinajstić information content (AvgIpc) is 3.11. The van der Waals surface area contributed by atoms with Gasteiger partial charge in [0.25, 0.3) is 11.8 Å². The standard InChI is InChI=1S/C20H20ClN5O3/c21-16-9-8-13(11-15(16)19(28)22-12-5-2-1-3-6-12)23-18(27)14-7-4-10-26-17(14)24-25-20(26)29/h4,7-12H,1-3,5-6H2,(H,22,28)(H,23,27)(H,25,29). The van der Waals surface area contributed by atoms with Gasteiger partial charge in [-0.1, -0.05) is 30.9 Å². The van der Waals surface area contributed by atoms with Crippen LogP contribution in [0.4, 0.5) is 5.69 Å². The van der Waals surface area contributed by atoms with E-state index in [1.54, 1.807) is 30.3 Å². The SMILES string of the molecule is O=C(NC1CCCCC1)c1cc(NC(=O)c2cccn3c(=O)[nH]nc23)ccc1Cl. The molecule has 0 unspecified atom stereocenters. The molecule has 0 atom stereocenters. The summed E-state index contributed by atoms with van der Waals surface area (Å²) in [7, 11) is 0. The maximum absolute atomic E-state index is 12.7. The summed E-state index contributed by atoms with van der Waals surface area (Å²) >= 11 is 6.22. The molecule has 1 fully saturated rings. The molecule has 2 aromatic heterocycles.